The number of rotatable bonds is 4. The Bertz CT molecular complexity index is 886. The summed E-state index contributed by atoms with van der Waals surface area (Å²) in [5.74, 6) is 3.27. The van der Waals surface area contributed by atoms with E-state index in [9.17, 15) is 0 Å². The predicted molar refractivity (Wildman–Crippen MR) is 106 cm³/mol. The van der Waals surface area contributed by atoms with Crippen LogP contribution in [0.5, 0.6) is 5.75 Å². The number of ether oxygens (including phenoxy) is 1. The first-order chi connectivity index (χ1) is 12.7. The zero-order chi connectivity index (χ0) is 17.9. The lowest BCUT2D eigenvalue weighted by atomic mass is 10.00. The number of benzene rings is 2. The topological polar surface area (TPSA) is 50.3 Å². The molecule has 0 amide bonds. The summed E-state index contributed by atoms with van der Waals surface area (Å²) < 4.78 is 5.24. The van der Waals surface area contributed by atoms with E-state index in [1.807, 2.05) is 42.5 Å². The third-order valence-corrected chi connectivity index (χ3v) is 5.01. The molecular weight excluding hydrogens is 324 g/mol. The van der Waals surface area contributed by atoms with E-state index in [2.05, 4.69) is 23.2 Å². The van der Waals surface area contributed by atoms with E-state index in [0.29, 0.717) is 0 Å². The Kier molecular flexibility index (Phi) is 4.61. The van der Waals surface area contributed by atoms with Gasteiger partial charge in [-0.05, 0) is 55.2 Å². The Morgan fingerprint density at radius 1 is 1.00 bits per heavy atom. The zero-order valence-electron chi connectivity index (χ0n) is 15.3. The SMILES string of the molecule is COc1ccc(Nc2nc(N3CCC(C)CC3)nc3ccccc23)cc1. The third-order valence-electron chi connectivity index (χ3n) is 5.01. The summed E-state index contributed by atoms with van der Waals surface area (Å²) in [7, 11) is 1.67. The van der Waals surface area contributed by atoms with Gasteiger partial charge in [0.25, 0.3) is 0 Å². The van der Waals surface area contributed by atoms with Crippen LogP contribution in [0.15, 0.2) is 48.5 Å². The number of nitrogens with zero attached hydrogens (tertiary/aromatic N) is 3. The number of nitrogens with one attached hydrogen (secondary N) is 1. The third kappa shape index (κ3) is 3.43. The molecule has 0 aliphatic carbocycles. The highest BCUT2D eigenvalue weighted by Crippen LogP contribution is 2.28. The summed E-state index contributed by atoms with van der Waals surface area (Å²) in [5.41, 5.74) is 1.94. The molecule has 0 saturated carbocycles. The maximum absolute atomic E-state index is 5.24. The van der Waals surface area contributed by atoms with Crippen molar-refractivity contribution in [2.24, 2.45) is 5.92 Å². The maximum Gasteiger partial charge on any atom is 0.227 e. The number of fused-ring (bicyclic) bond motifs is 1. The molecule has 0 bridgehead atoms. The summed E-state index contributed by atoms with van der Waals surface area (Å²) in [6.45, 7) is 4.35. The van der Waals surface area contributed by atoms with E-state index in [1.54, 1.807) is 7.11 Å². The van der Waals surface area contributed by atoms with Crippen LogP contribution in [0.3, 0.4) is 0 Å². The summed E-state index contributed by atoms with van der Waals surface area (Å²) >= 11 is 0. The van der Waals surface area contributed by atoms with Crippen LogP contribution in [-0.4, -0.2) is 30.2 Å². The lowest BCUT2D eigenvalue weighted by Gasteiger charge is -2.30. The van der Waals surface area contributed by atoms with Gasteiger partial charge in [0.1, 0.15) is 11.6 Å². The largest absolute Gasteiger partial charge is 0.497 e. The number of piperidine rings is 1. The first kappa shape index (κ1) is 16.6. The molecule has 1 aliphatic rings. The van der Waals surface area contributed by atoms with Crippen molar-refractivity contribution in [2.75, 3.05) is 30.4 Å². The van der Waals surface area contributed by atoms with Crippen LogP contribution in [0.2, 0.25) is 0 Å². The molecule has 5 nitrogen and oxygen atoms in total. The van der Waals surface area contributed by atoms with E-state index >= 15 is 0 Å². The van der Waals surface area contributed by atoms with Gasteiger partial charge in [0.15, 0.2) is 0 Å². The minimum absolute atomic E-state index is 0.781. The molecule has 0 spiro atoms. The lowest BCUT2D eigenvalue weighted by molar-refractivity contribution is 0.415. The minimum Gasteiger partial charge on any atom is -0.497 e. The molecule has 1 aromatic heterocycles. The number of para-hydroxylation sites is 1. The van der Waals surface area contributed by atoms with Crippen molar-refractivity contribution >= 4 is 28.4 Å². The van der Waals surface area contributed by atoms with Gasteiger partial charge < -0.3 is 15.0 Å². The fourth-order valence-electron chi connectivity index (χ4n) is 3.32. The van der Waals surface area contributed by atoms with E-state index < -0.39 is 0 Å². The molecule has 134 valence electrons. The van der Waals surface area contributed by atoms with Crippen molar-refractivity contribution in [1.29, 1.82) is 0 Å². The standard InChI is InChI=1S/C21H24N4O/c1-15-11-13-25(14-12-15)21-23-19-6-4-3-5-18(19)20(24-21)22-16-7-9-17(26-2)10-8-16/h3-10,15H,11-14H2,1-2H3,(H,22,23,24). The molecule has 0 unspecified atom stereocenters. The fourth-order valence-corrected chi connectivity index (χ4v) is 3.32. The van der Waals surface area contributed by atoms with Crippen LogP contribution < -0.4 is 15.0 Å². The summed E-state index contributed by atoms with van der Waals surface area (Å²) in [6.07, 6.45) is 2.38. The lowest BCUT2D eigenvalue weighted by Crippen LogP contribution is -2.34. The minimum atomic E-state index is 0.781. The molecule has 4 rings (SSSR count). The highest BCUT2D eigenvalue weighted by molar-refractivity contribution is 5.91. The van der Waals surface area contributed by atoms with E-state index in [0.717, 1.165) is 53.1 Å². The second kappa shape index (κ2) is 7.20. The van der Waals surface area contributed by atoms with Gasteiger partial charge in [-0.1, -0.05) is 19.1 Å². The molecule has 2 heterocycles. The first-order valence-corrected chi connectivity index (χ1v) is 9.16. The van der Waals surface area contributed by atoms with E-state index in [4.69, 9.17) is 14.7 Å². The van der Waals surface area contributed by atoms with Gasteiger partial charge in [-0.15, -0.1) is 0 Å². The second-order valence-electron chi connectivity index (χ2n) is 6.91. The number of aromatic nitrogens is 2. The molecule has 5 heteroatoms. The highest BCUT2D eigenvalue weighted by atomic mass is 16.5. The van der Waals surface area contributed by atoms with Crippen molar-refractivity contribution in [3.05, 3.63) is 48.5 Å². The maximum atomic E-state index is 5.24. The monoisotopic (exact) mass is 348 g/mol. The molecule has 26 heavy (non-hydrogen) atoms. The summed E-state index contributed by atoms with van der Waals surface area (Å²) in [6, 6.07) is 16.0. The van der Waals surface area contributed by atoms with Crippen molar-refractivity contribution in [3.63, 3.8) is 0 Å². The number of methoxy groups -OCH3 is 1. The van der Waals surface area contributed by atoms with Crippen molar-refractivity contribution in [2.45, 2.75) is 19.8 Å². The quantitative estimate of drug-likeness (QED) is 0.746. The number of anilines is 3. The van der Waals surface area contributed by atoms with Gasteiger partial charge in [0, 0.05) is 24.2 Å². The Labute approximate surface area is 154 Å². The van der Waals surface area contributed by atoms with Crippen molar-refractivity contribution in [1.82, 2.24) is 9.97 Å². The number of hydrogen-bond donors (Lipinski definition) is 1. The van der Waals surface area contributed by atoms with Gasteiger partial charge in [-0.3, -0.25) is 0 Å². The zero-order valence-corrected chi connectivity index (χ0v) is 15.3. The molecular formula is C21H24N4O. The molecule has 0 atom stereocenters. The van der Waals surface area contributed by atoms with Crippen molar-refractivity contribution in [3.8, 4) is 5.75 Å². The first-order valence-electron chi connectivity index (χ1n) is 9.16. The van der Waals surface area contributed by atoms with E-state index in [1.165, 1.54) is 12.8 Å². The summed E-state index contributed by atoms with van der Waals surface area (Å²) in [5, 5.41) is 4.48. The molecule has 0 radical (unpaired) electrons. The molecule has 1 aliphatic heterocycles. The van der Waals surface area contributed by atoms with Crippen molar-refractivity contribution < 1.29 is 4.74 Å². The van der Waals surface area contributed by atoms with Gasteiger partial charge in [0.2, 0.25) is 5.95 Å². The Morgan fingerprint density at radius 2 is 1.73 bits per heavy atom. The number of hydrogen-bond acceptors (Lipinski definition) is 5. The van der Waals surface area contributed by atoms with Crippen LogP contribution in [-0.2, 0) is 0 Å². The predicted octanol–water partition coefficient (Wildman–Crippen LogP) is 4.62. The van der Waals surface area contributed by atoms with Crippen LogP contribution in [0.25, 0.3) is 10.9 Å². The molecule has 2 aromatic carbocycles. The molecule has 1 saturated heterocycles. The Hall–Kier alpha value is -2.82. The average Bonchev–Trinajstić information content (AvgIpc) is 2.69. The van der Waals surface area contributed by atoms with Gasteiger partial charge >= 0.3 is 0 Å². The fraction of sp³-hybridized carbons (Fsp3) is 0.333. The van der Waals surface area contributed by atoms with E-state index in [-0.39, 0.29) is 0 Å². The molecule has 3 aromatic rings. The molecule has 1 N–H and O–H groups in total. The Balaban J connectivity index is 1.69. The van der Waals surface area contributed by atoms with Crippen LogP contribution in [0.4, 0.5) is 17.5 Å². The Morgan fingerprint density at radius 3 is 2.46 bits per heavy atom. The van der Waals surface area contributed by atoms with Gasteiger partial charge in [0.05, 0.1) is 12.6 Å². The van der Waals surface area contributed by atoms with Crippen LogP contribution in [0, 0.1) is 5.92 Å². The van der Waals surface area contributed by atoms with Gasteiger partial charge in [-0.25, -0.2) is 4.98 Å². The summed E-state index contributed by atoms with van der Waals surface area (Å²) in [4.78, 5) is 12.0. The van der Waals surface area contributed by atoms with Crippen LogP contribution in [0.1, 0.15) is 19.8 Å². The normalized spacial score (nSPS) is 15.2. The van der Waals surface area contributed by atoms with Crippen LogP contribution >= 0.6 is 0 Å². The highest BCUT2D eigenvalue weighted by Gasteiger charge is 2.19. The van der Waals surface area contributed by atoms with Gasteiger partial charge in [-0.2, -0.15) is 4.98 Å². The second-order valence-corrected chi connectivity index (χ2v) is 6.91. The smallest absolute Gasteiger partial charge is 0.227 e. The molecule has 1 fully saturated rings. The average molecular weight is 348 g/mol.